The summed E-state index contributed by atoms with van der Waals surface area (Å²) in [6, 6.07) is 1.44. The Bertz CT molecular complexity index is 471. The van der Waals surface area contributed by atoms with E-state index in [4.69, 9.17) is 9.52 Å². The number of hydrogen-bond acceptors (Lipinski definition) is 4. The summed E-state index contributed by atoms with van der Waals surface area (Å²) in [7, 11) is 0. The predicted molar refractivity (Wildman–Crippen MR) is 65.9 cm³/mol. The fourth-order valence-corrected chi connectivity index (χ4v) is 1.53. The molecule has 4 nitrogen and oxygen atoms in total. The maximum absolute atomic E-state index is 11.4. The molecule has 4 heteroatoms. The molecule has 0 saturated carbocycles. The van der Waals surface area contributed by atoms with Crippen LogP contribution >= 0.6 is 0 Å². The molecule has 0 aliphatic rings. The van der Waals surface area contributed by atoms with Gasteiger partial charge in [-0.2, -0.15) is 0 Å². The van der Waals surface area contributed by atoms with E-state index in [0.29, 0.717) is 12.2 Å². The first kappa shape index (κ1) is 13.5. The van der Waals surface area contributed by atoms with Crippen molar-refractivity contribution in [3.63, 3.8) is 0 Å². The number of allylic oxidation sites excluding steroid dienone is 2. The van der Waals surface area contributed by atoms with Gasteiger partial charge >= 0.3 is 5.63 Å². The first-order chi connectivity index (χ1) is 7.95. The highest BCUT2D eigenvalue weighted by Gasteiger charge is 2.08. The third kappa shape index (κ3) is 3.46. The molecule has 0 radical (unpaired) electrons. The minimum absolute atomic E-state index is 0.0567. The van der Waals surface area contributed by atoms with Crippen molar-refractivity contribution >= 4 is 5.57 Å². The van der Waals surface area contributed by atoms with Crippen LogP contribution < -0.4 is 5.63 Å². The first-order valence-corrected chi connectivity index (χ1v) is 5.59. The van der Waals surface area contributed by atoms with Gasteiger partial charge in [-0.25, -0.2) is 4.79 Å². The number of rotatable bonds is 4. The van der Waals surface area contributed by atoms with Gasteiger partial charge in [-0.3, -0.25) is 0 Å². The van der Waals surface area contributed by atoms with E-state index in [1.165, 1.54) is 13.0 Å². The van der Waals surface area contributed by atoms with Gasteiger partial charge in [-0.05, 0) is 31.8 Å². The van der Waals surface area contributed by atoms with Crippen molar-refractivity contribution in [3.8, 4) is 5.75 Å². The smallest absolute Gasteiger partial charge is 0.342 e. The largest absolute Gasteiger partial charge is 0.507 e. The van der Waals surface area contributed by atoms with Crippen LogP contribution in [0.1, 0.15) is 31.6 Å². The highest BCUT2D eigenvalue weighted by Crippen LogP contribution is 2.21. The normalized spacial score (nSPS) is 13.8. The lowest BCUT2D eigenvalue weighted by Crippen LogP contribution is -2.04. The number of hydrogen-bond donors (Lipinski definition) is 2. The third-order valence-electron chi connectivity index (χ3n) is 2.67. The predicted octanol–water partition coefficient (Wildman–Crippen LogP) is 2.08. The Kier molecular flexibility index (Phi) is 4.52. The lowest BCUT2D eigenvalue weighted by Gasteiger charge is -2.07. The Morgan fingerprint density at radius 2 is 2.24 bits per heavy atom. The SMILES string of the molecule is C/C(=C\[C@@H](C)CCO)c1cc(O)c(C)c(=O)o1. The van der Waals surface area contributed by atoms with Gasteiger partial charge in [0.15, 0.2) is 0 Å². The van der Waals surface area contributed by atoms with Crippen LogP contribution in [0.25, 0.3) is 5.57 Å². The van der Waals surface area contributed by atoms with Crippen molar-refractivity contribution in [2.45, 2.75) is 27.2 Å². The highest BCUT2D eigenvalue weighted by atomic mass is 16.4. The number of aliphatic hydroxyl groups is 1. The molecule has 1 atom stereocenters. The van der Waals surface area contributed by atoms with Crippen molar-refractivity contribution in [1.29, 1.82) is 0 Å². The molecule has 0 amide bonds. The van der Waals surface area contributed by atoms with Crippen molar-refractivity contribution in [2.75, 3.05) is 6.61 Å². The van der Waals surface area contributed by atoms with Crippen LogP contribution in [-0.2, 0) is 0 Å². The molecule has 1 heterocycles. The fraction of sp³-hybridized carbons (Fsp3) is 0.462. The standard InChI is InChI=1S/C13H18O4/c1-8(4-5-14)6-9(2)12-7-11(15)10(3)13(16)17-12/h6-8,14-15H,4-5H2,1-3H3/b9-6+/t8-/m0/s1. The summed E-state index contributed by atoms with van der Waals surface area (Å²) in [5.74, 6) is 0.496. The Morgan fingerprint density at radius 1 is 1.59 bits per heavy atom. The molecule has 0 aromatic carbocycles. The molecule has 0 spiro atoms. The van der Waals surface area contributed by atoms with E-state index in [1.54, 1.807) is 6.92 Å². The molecule has 17 heavy (non-hydrogen) atoms. The van der Waals surface area contributed by atoms with Gasteiger partial charge in [-0.1, -0.05) is 13.0 Å². The molecule has 1 rings (SSSR count). The van der Waals surface area contributed by atoms with Gasteiger partial charge in [-0.15, -0.1) is 0 Å². The van der Waals surface area contributed by atoms with Gasteiger partial charge in [0.25, 0.3) is 0 Å². The second-order valence-electron chi connectivity index (χ2n) is 4.25. The summed E-state index contributed by atoms with van der Waals surface area (Å²) in [5.41, 5.74) is 0.464. The van der Waals surface area contributed by atoms with E-state index >= 15 is 0 Å². The van der Waals surface area contributed by atoms with Crippen LogP contribution in [0.15, 0.2) is 21.4 Å². The Labute approximate surface area is 100 Å². The summed E-state index contributed by atoms with van der Waals surface area (Å²) in [4.78, 5) is 11.4. The van der Waals surface area contributed by atoms with Crippen LogP contribution in [-0.4, -0.2) is 16.8 Å². The Balaban J connectivity index is 3.05. The zero-order chi connectivity index (χ0) is 13.0. The fourth-order valence-electron chi connectivity index (χ4n) is 1.53. The zero-order valence-electron chi connectivity index (χ0n) is 10.4. The van der Waals surface area contributed by atoms with Crippen LogP contribution in [0.4, 0.5) is 0 Å². The average molecular weight is 238 g/mol. The second kappa shape index (κ2) is 5.68. The minimum atomic E-state index is -0.525. The maximum atomic E-state index is 11.4. The summed E-state index contributed by atoms with van der Waals surface area (Å²) in [5, 5.41) is 18.3. The van der Waals surface area contributed by atoms with Gasteiger partial charge in [0.05, 0.1) is 5.56 Å². The Morgan fingerprint density at radius 3 is 2.76 bits per heavy atom. The lowest BCUT2D eigenvalue weighted by atomic mass is 10.0. The molecule has 1 aromatic rings. The summed E-state index contributed by atoms with van der Waals surface area (Å²) >= 11 is 0. The van der Waals surface area contributed by atoms with Crippen molar-refractivity contribution in [3.05, 3.63) is 33.9 Å². The first-order valence-electron chi connectivity index (χ1n) is 5.59. The Hall–Kier alpha value is -1.55. The quantitative estimate of drug-likeness (QED) is 0.842. The minimum Gasteiger partial charge on any atom is -0.507 e. The average Bonchev–Trinajstić information content (AvgIpc) is 2.25. The molecular weight excluding hydrogens is 220 g/mol. The molecule has 94 valence electrons. The van der Waals surface area contributed by atoms with E-state index < -0.39 is 5.63 Å². The summed E-state index contributed by atoms with van der Waals surface area (Å²) in [6.45, 7) is 5.40. The molecular formula is C13H18O4. The van der Waals surface area contributed by atoms with Crippen molar-refractivity contribution in [2.24, 2.45) is 5.92 Å². The van der Waals surface area contributed by atoms with Gasteiger partial charge in [0.2, 0.25) is 0 Å². The van der Waals surface area contributed by atoms with Crippen molar-refractivity contribution in [1.82, 2.24) is 0 Å². The van der Waals surface area contributed by atoms with E-state index in [9.17, 15) is 9.90 Å². The van der Waals surface area contributed by atoms with Gasteiger partial charge in [0.1, 0.15) is 11.5 Å². The molecule has 0 aliphatic heterocycles. The molecule has 0 fully saturated rings. The number of aromatic hydroxyl groups is 1. The number of aliphatic hydroxyl groups excluding tert-OH is 1. The molecule has 0 aliphatic carbocycles. The van der Waals surface area contributed by atoms with Crippen LogP contribution in [0.2, 0.25) is 0 Å². The van der Waals surface area contributed by atoms with E-state index in [1.807, 2.05) is 13.0 Å². The molecule has 0 unspecified atom stereocenters. The monoisotopic (exact) mass is 238 g/mol. The lowest BCUT2D eigenvalue weighted by molar-refractivity contribution is 0.274. The maximum Gasteiger partial charge on any atom is 0.342 e. The third-order valence-corrected chi connectivity index (χ3v) is 2.67. The molecule has 1 aromatic heterocycles. The van der Waals surface area contributed by atoms with Crippen molar-refractivity contribution < 1.29 is 14.6 Å². The van der Waals surface area contributed by atoms with Crippen LogP contribution in [0, 0.1) is 12.8 Å². The van der Waals surface area contributed by atoms with Crippen LogP contribution in [0.5, 0.6) is 5.75 Å². The highest BCUT2D eigenvalue weighted by molar-refractivity contribution is 5.60. The van der Waals surface area contributed by atoms with Gasteiger partial charge in [0, 0.05) is 12.7 Å². The molecule has 0 saturated heterocycles. The van der Waals surface area contributed by atoms with Crippen LogP contribution in [0.3, 0.4) is 0 Å². The molecule has 2 N–H and O–H groups in total. The zero-order valence-corrected chi connectivity index (χ0v) is 10.4. The van der Waals surface area contributed by atoms with E-state index in [2.05, 4.69) is 0 Å². The topological polar surface area (TPSA) is 70.7 Å². The van der Waals surface area contributed by atoms with Gasteiger partial charge < -0.3 is 14.6 Å². The second-order valence-corrected chi connectivity index (χ2v) is 4.25. The summed E-state index contributed by atoms with van der Waals surface area (Å²) < 4.78 is 5.08. The summed E-state index contributed by atoms with van der Waals surface area (Å²) in [6.07, 6.45) is 2.56. The molecule has 0 bridgehead atoms. The van der Waals surface area contributed by atoms with E-state index in [-0.39, 0.29) is 23.8 Å². The van der Waals surface area contributed by atoms with E-state index in [0.717, 1.165) is 5.57 Å².